The molecule has 210 valence electrons. The monoisotopic (exact) mass is 577 g/mol. The fraction of sp³-hybridized carbons (Fsp3) is 0.367. The Kier molecular flexibility index (Phi) is 8.48. The lowest BCUT2D eigenvalue weighted by atomic mass is 9.94. The van der Waals surface area contributed by atoms with E-state index in [-0.39, 0.29) is 22.9 Å². The van der Waals surface area contributed by atoms with E-state index in [4.69, 9.17) is 4.98 Å². The van der Waals surface area contributed by atoms with E-state index in [1.807, 2.05) is 55.6 Å². The average Bonchev–Trinajstić information content (AvgIpc) is 3.49. The Labute approximate surface area is 240 Å². The van der Waals surface area contributed by atoms with Gasteiger partial charge in [0.05, 0.1) is 11.1 Å². The summed E-state index contributed by atoms with van der Waals surface area (Å²) >= 11 is 1.57. The lowest BCUT2D eigenvalue weighted by Gasteiger charge is -2.32. The number of aryl methyl sites for hydroxylation is 1. The van der Waals surface area contributed by atoms with Crippen molar-refractivity contribution in [2.24, 2.45) is 5.41 Å². The molecule has 1 aromatic carbocycles. The first kappa shape index (κ1) is 28.2. The summed E-state index contributed by atoms with van der Waals surface area (Å²) in [6, 6.07) is 17.2. The van der Waals surface area contributed by atoms with Crippen LogP contribution in [0.3, 0.4) is 0 Å². The normalized spacial score (nSPS) is 16.0. The molecule has 0 saturated carbocycles. The fourth-order valence-corrected chi connectivity index (χ4v) is 6.59. The number of aliphatic hydroxyl groups is 1. The number of fused-ring (bicyclic) bond motifs is 6. The molecule has 8 nitrogen and oxygen atoms in total. The van der Waals surface area contributed by atoms with Gasteiger partial charge < -0.3 is 10.0 Å². The van der Waals surface area contributed by atoms with Crippen molar-refractivity contribution in [1.29, 1.82) is 0 Å². The second-order valence-corrected chi connectivity index (χ2v) is 13.5. The van der Waals surface area contributed by atoms with Gasteiger partial charge in [-0.2, -0.15) is 8.42 Å². The van der Waals surface area contributed by atoms with Crippen LogP contribution in [0.25, 0.3) is 21.8 Å². The zero-order valence-corrected chi connectivity index (χ0v) is 24.5. The molecule has 0 aliphatic carbocycles. The highest BCUT2D eigenvalue weighted by atomic mass is 32.2. The minimum atomic E-state index is -4.05. The highest BCUT2D eigenvalue weighted by molar-refractivity contribution is 7.92. The van der Waals surface area contributed by atoms with E-state index < -0.39 is 10.0 Å². The Balaban J connectivity index is 1.59. The van der Waals surface area contributed by atoms with Crippen molar-refractivity contribution in [3.63, 3.8) is 0 Å². The van der Waals surface area contributed by atoms with Gasteiger partial charge in [-0.1, -0.05) is 63.1 Å². The van der Waals surface area contributed by atoms with Gasteiger partial charge in [0.15, 0.2) is 10.8 Å². The summed E-state index contributed by atoms with van der Waals surface area (Å²) < 4.78 is 29.7. The van der Waals surface area contributed by atoms with Crippen LogP contribution in [0.15, 0.2) is 71.2 Å². The predicted molar refractivity (Wildman–Crippen MR) is 161 cm³/mol. The van der Waals surface area contributed by atoms with Gasteiger partial charge in [0, 0.05) is 30.7 Å². The molecule has 4 heterocycles. The molecule has 2 N–H and O–H groups in total. The van der Waals surface area contributed by atoms with Gasteiger partial charge in [-0.3, -0.25) is 4.72 Å². The zero-order valence-electron chi connectivity index (χ0n) is 22.9. The van der Waals surface area contributed by atoms with Gasteiger partial charge in [-0.05, 0) is 48.4 Å². The number of hydrogen-bond donors (Lipinski definition) is 2. The summed E-state index contributed by atoms with van der Waals surface area (Å²) in [5, 5.41) is 11.8. The number of rotatable bonds is 4. The maximum atomic E-state index is 13.5. The summed E-state index contributed by atoms with van der Waals surface area (Å²) in [5.41, 5.74) is 3.14. The second-order valence-electron chi connectivity index (χ2n) is 10.9. The Morgan fingerprint density at radius 3 is 2.60 bits per heavy atom. The molecular weight excluding hydrogens is 542 g/mol. The van der Waals surface area contributed by atoms with Crippen LogP contribution in [0.2, 0.25) is 0 Å². The topological polar surface area (TPSA) is 108 Å². The van der Waals surface area contributed by atoms with Crippen molar-refractivity contribution >= 4 is 33.0 Å². The Bertz CT molecular complexity index is 1560. The molecule has 4 aromatic rings. The number of aliphatic hydroxyl groups excluding tert-OH is 1. The van der Waals surface area contributed by atoms with Crippen LogP contribution in [0, 0.1) is 5.41 Å². The molecule has 0 amide bonds. The van der Waals surface area contributed by atoms with E-state index in [0.29, 0.717) is 18.1 Å². The van der Waals surface area contributed by atoms with Crippen LogP contribution >= 0.6 is 11.3 Å². The van der Waals surface area contributed by atoms with Gasteiger partial charge in [0.1, 0.15) is 17.2 Å². The summed E-state index contributed by atoms with van der Waals surface area (Å²) in [6.07, 6.45) is 6.43. The maximum absolute atomic E-state index is 13.5. The minimum absolute atomic E-state index is 0.0188. The van der Waals surface area contributed by atoms with Crippen LogP contribution in [0.1, 0.15) is 45.1 Å². The van der Waals surface area contributed by atoms with Gasteiger partial charge in [0.2, 0.25) is 0 Å². The van der Waals surface area contributed by atoms with E-state index >= 15 is 0 Å². The lowest BCUT2D eigenvalue weighted by molar-refractivity contribution is 0.163. The van der Waals surface area contributed by atoms with Crippen molar-refractivity contribution in [2.75, 3.05) is 29.3 Å². The summed E-state index contributed by atoms with van der Waals surface area (Å²) in [6.45, 7) is 5.28. The molecule has 10 heteroatoms. The van der Waals surface area contributed by atoms with Gasteiger partial charge in [-0.15, -0.1) is 11.3 Å². The quantitative estimate of drug-likeness (QED) is 0.306. The van der Waals surface area contributed by atoms with Crippen LogP contribution in [0.5, 0.6) is 0 Å². The van der Waals surface area contributed by atoms with Crippen molar-refractivity contribution in [1.82, 2.24) is 15.0 Å². The van der Waals surface area contributed by atoms with E-state index in [1.165, 1.54) is 17.8 Å². The third-order valence-corrected chi connectivity index (χ3v) is 9.15. The summed E-state index contributed by atoms with van der Waals surface area (Å²) in [5.74, 6) is 0.709. The zero-order chi connectivity index (χ0) is 28.2. The molecule has 0 unspecified atom stereocenters. The minimum Gasteiger partial charge on any atom is -0.396 e. The number of nitrogens with one attached hydrogen (secondary N) is 1. The number of nitrogens with zero attached hydrogens (tertiary/aromatic N) is 4. The van der Waals surface area contributed by atoms with Crippen molar-refractivity contribution < 1.29 is 13.5 Å². The maximum Gasteiger partial charge on any atom is 0.280 e. The second kappa shape index (κ2) is 12.0. The van der Waals surface area contributed by atoms with Crippen molar-refractivity contribution in [3.05, 3.63) is 71.7 Å². The van der Waals surface area contributed by atoms with Gasteiger partial charge in [-0.25, -0.2) is 15.0 Å². The summed E-state index contributed by atoms with van der Waals surface area (Å²) in [7, 11) is -4.05. The van der Waals surface area contributed by atoms with Crippen LogP contribution < -0.4 is 9.62 Å². The smallest absolute Gasteiger partial charge is 0.280 e. The number of benzene rings is 1. The third-order valence-electron chi connectivity index (χ3n) is 7.02. The molecule has 0 spiro atoms. The Morgan fingerprint density at radius 2 is 1.80 bits per heavy atom. The number of anilines is 2. The highest BCUT2D eigenvalue weighted by Crippen LogP contribution is 2.35. The molecule has 3 aromatic heterocycles. The number of thiophene rings is 1. The summed E-state index contributed by atoms with van der Waals surface area (Å²) in [4.78, 5) is 17.1. The average molecular weight is 578 g/mol. The van der Waals surface area contributed by atoms with E-state index in [2.05, 4.69) is 25.7 Å². The molecule has 0 saturated heterocycles. The highest BCUT2D eigenvalue weighted by Gasteiger charge is 2.25. The molecule has 0 atom stereocenters. The largest absolute Gasteiger partial charge is 0.396 e. The molecule has 5 rings (SSSR count). The lowest BCUT2D eigenvalue weighted by Crippen LogP contribution is -2.38. The van der Waals surface area contributed by atoms with Crippen LogP contribution in [-0.2, 0) is 16.4 Å². The number of pyridine rings is 1. The number of sulfonamides is 1. The predicted octanol–water partition coefficient (Wildman–Crippen LogP) is 6.01. The Hall–Kier alpha value is -3.34. The number of hydrogen-bond acceptors (Lipinski definition) is 8. The molecule has 0 radical (unpaired) electrons. The molecule has 1 aliphatic heterocycles. The molecular formula is C30H35N5O3S2. The van der Waals surface area contributed by atoms with Crippen molar-refractivity contribution in [3.8, 4) is 21.8 Å². The van der Waals surface area contributed by atoms with Crippen molar-refractivity contribution in [2.45, 2.75) is 51.0 Å². The first-order valence-corrected chi connectivity index (χ1v) is 16.0. The first-order chi connectivity index (χ1) is 19.3. The van der Waals surface area contributed by atoms with E-state index in [1.54, 1.807) is 17.4 Å². The fourth-order valence-electron chi connectivity index (χ4n) is 4.92. The molecule has 40 heavy (non-hydrogen) atoms. The van der Waals surface area contributed by atoms with E-state index in [0.717, 1.165) is 54.8 Å². The van der Waals surface area contributed by atoms with Gasteiger partial charge >= 0.3 is 0 Å². The standard InChI is InChI=1S/C30H35N5O3S2/c1-30(2,21-36)20-35-17-8-4-3-5-11-22-12-6-7-13-23(22)28-29(24-14-10-18-39-24)31-19-25(32-28)34-40(37,38)27-16-9-15-26(35)33-27/h6-7,9-10,12-16,18-19,36H,3-5,8,11,17,20-21H2,1-2H3,(H,32,34). The van der Waals surface area contributed by atoms with Crippen LogP contribution in [0.4, 0.5) is 11.6 Å². The molecule has 1 aliphatic rings. The first-order valence-electron chi connectivity index (χ1n) is 13.6. The molecule has 0 fully saturated rings. The van der Waals surface area contributed by atoms with Gasteiger partial charge in [0.25, 0.3) is 10.0 Å². The number of aromatic nitrogens is 3. The molecule has 4 bridgehead atoms. The SMILES string of the molecule is CC(C)(CO)CN1CCCCCCc2ccccc2-c2nc(cnc2-c2cccs2)NS(=O)(=O)c2cccc1n2. The third kappa shape index (κ3) is 6.51. The van der Waals surface area contributed by atoms with E-state index in [9.17, 15) is 13.5 Å². The van der Waals surface area contributed by atoms with Crippen LogP contribution in [-0.4, -0.2) is 48.2 Å². The Morgan fingerprint density at radius 1 is 0.975 bits per heavy atom.